The molecule has 2 amide bonds. The first-order valence-corrected chi connectivity index (χ1v) is 8.45. The summed E-state index contributed by atoms with van der Waals surface area (Å²) in [5, 5.41) is 9.62. The lowest BCUT2D eigenvalue weighted by Crippen LogP contribution is -2.36. The lowest BCUT2D eigenvalue weighted by Gasteiger charge is -2.22. The summed E-state index contributed by atoms with van der Waals surface area (Å²) < 4.78 is 7.17. The molecule has 0 saturated heterocycles. The van der Waals surface area contributed by atoms with E-state index >= 15 is 0 Å². The van der Waals surface area contributed by atoms with Gasteiger partial charge in [0, 0.05) is 5.69 Å². The molecule has 2 aromatic carbocycles. The van der Waals surface area contributed by atoms with Gasteiger partial charge in [0.05, 0.1) is 6.42 Å². The third-order valence-corrected chi connectivity index (χ3v) is 4.07. The van der Waals surface area contributed by atoms with Gasteiger partial charge in [0.25, 0.3) is 0 Å². The maximum atomic E-state index is 12.7. The number of nitrogens with zero attached hydrogens (tertiary/aromatic N) is 3. The fraction of sp³-hybridized carbons (Fsp3) is 0.158. The van der Waals surface area contributed by atoms with Crippen molar-refractivity contribution in [3.05, 3.63) is 60.4 Å². The van der Waals surface area contributed by atoms with E-state index in [0.29, 0.717) is 17.3 Å². The molecule has 4 rings (SSSR count). The van der Waals surface area contributed by atoms with Gasteiger partial charge in [-0.2, -0.15) is 10.1 Å². The number of rotatable bonds is 4. The number of fused-ring (bicyclic) bond motifs is 1. The minimum absolute atomic E-state index is 0.0107. The SMILES string of the molecule is Cc1nc2n(n1)[C@@H](C(=O)Nc1ccc(Oc3ccccc3)cc1)CC(=O)N2. The second kappa shape index (κ2) is 6.91. The molecule has 1 aromatic heterocycles. The molecule has 0 saturated carbocycles. The Balaban J connectivity index is 1.46. The van der Waals surface area contributed by atoms with Crippen LogP contribution in [-0.4, -0.2) is 26.6 Å². The third kappa shape index (κ3) is 3.64. The van der Waals surface area contributed by atoms with Crippen LogP contribution in [0.3, 0.4) is 0 Å². The van der Waals surface area contributed by atoms with Crippen LogP contribution in [0, 0.1) is 6.92 Å². The predicted molar refractivity (Wildman–Crippen MR) is 98.6 cm³/mol. The fourth-order valence-corrected chi connectivity index (χ4v) is 2.83. The van der Waals surface area contributed by atoms with Crippen LogP contribution >= 0.6 is 0 Å². The summed E-state index contributed by atoms with van der Waals surface area (Å²) in [7, 11) is 0. The second-order valence-corrected chi connectivity index (χ2v) is 6.12. The number of para-hydroxylation sites is 1. The maximum Gasteiger partial charge on any atom is 0.249 e. The molecule has 0 radical (unpaired) electrons. The zero-order chi connectivity index (χ0) is 18.8. The van der Waals surface area contributed by atoms with Crippen LogP contribution < -0.4 is 15.4 Å². The summed E-state index contributed by atoms with van der Waals surface area (Å²) in [4.78, 5) is 28.6. The minimum atomic E-state index is -0.741. The van der Waals surface area contributed by atoms with Gasteiger partial charge in [-0.15, -0.1) is 0 Å². The Morgan fingerprint density at radius 1 is 1.15 bits per heavy atom. The first-order valence-electron chi connectivity index (χ1n) is 8.45. The number of hydrogen-bond donors (Lipinski definition) is 2. The number of hydrogen-bond acceptors (Lipinski definition) is 5. The molecule has 0 fully saturated rings. The Kier molecular flexibility index (Phi) is 4.29. The van der Waals surface area contributed by atoms with E-state index in [1.807, 2.05) is 30.3 Å². The molecule has 1 atom stereocenters. The van der Waals surface area contributed by atoms with Crippen LogP contribution in [0.1, 0.15) is 18.3 Å². The summed E-state index contributed by atoms with van der Waals surface area (Å²) in [6.45, 7) is 1.71. The van der Waals surface area contributed by atoms with E-state index in [9.17, 15) is 9.59 Å². The number of anilines is 2. The highest BCUT2D eigenvalue weighted by molar-refractivity contribution is 6.00. The van der Waals surface area contributed by atoms with Crippen molar-refractivity contribution in [3.63, 3.8) is 0 Å². The summed E-state index contributed by atoms with van der Waals surface area (Å²) in [6, 6.07) is 15.7. The number of ether oxygens (including phenoxy) is 1. The van der Waals surface area contributed by atoms with Gasteiger partial charge in [-0.1, -0.05) is 18.2 Å². The Morgan fingerprint density at radius 2 is 1.85 bits per heavy atom. The Hall–Kier alpha value is -3.68. The molecule has 8 heteroatoms. The van der Waals surface area contributed by atoms with E-state index in [4.69, 9.17) is 4.74 Å². The number of carbonyl (C=O) groups is 2. The highest BCUT2D eigenvalue weighted by Crippen LogP contribution is 2.26. The molecule has 0 bridgehead atoms. The molecule has 0 aliphatic carbocycles. The van der Waals surface area contributed by atoms with E-state index in [0.717, 1.165) is 5.75 Å². The molecule has 3 aromatic rings. The van der Waals surface area contributed by atoms with E-state index in [-0.39, 0.29) is 24.2 Å². The molecule has 27 heavy (non-hydrogen) atoms. The van der Waals surface area contributed by atoms with E-state index in [2.05, 4.69) is 20.7 Å². The van der Waals surface area contributed by atoms with Crippen molar-refractivity contribution in [1.82, 2.24) is 14.8 Å². The van der Waals surface area contributed by atoms with Crippen LogP contribution in [0.5, 0.6) is 11.5 Å². The van der Waals surface area contributed by atoms with Crippen LogP contribution in [-0.2, 0) is 9.59 Å². The number of amides is 2. The van der Waals surface area contributed by atoms with Crippen molar-refractivity contribution in [2.75, 3.05) is 10.6 Å². The minimum Gasteiger partial charge on any atom is -0.457 e. The summed E-state index contributed by atoms with van der Waals surface area (Å²) in [5.74, 6) is 1.58. The summed E-state index contributed by atoms with van der Waals surface area (Å²) >= 11 is 0. The molecular formula is C19H17N5O3. The Labute approximate surface area is 155 Å². The lowest BCUT2D eigenvalue weighted by molar-refractivity contribution is -0.125. The topological polar surface area (TPSA) is 98.1 Å². The quantitative estimate of drug-likeness (QED) is 0.743. The van der Waals surface area contributed by atoms with E-state index < -0.39 is 6.04 Å². The number of benzene rings is 2. The third-order valence-electron chi connectivity index (χ3n) is 4.07. The van der Waals surface area contributed by atoms with Gasteiger partial charge in [-0.25, -0.2) is 4.68 Å². The van der Waals surface area contributed by atoms with Crippen LogP contribution in [0.15, 0.2) is 54.6 Å². The van der Waals surface area contributed by atoms with Crippen molar-refractivity contribution in [1.29, 1.82) is 0 Å². The fourth-order valence-electron chi connectivity index (χ4n) is 2.83. The molecular weight excluding hydrogens is 346 g/mol. The summed E-state index contributed by atoms with van der Waals surface area (Å²) in [5.41, 5.74) is 0.602. The van der Waals surface area contributed by atoms with Gasteiger partial charge in [0.2, 0.25) is 17.8 Å². The molecule has 2 N–H and O–H groups in total. The average Bonchev–Trinajstić information content (AvgIpc) is 3.03. The van der Waals surface area contributed by atoms with Gasteiger partial charge in [-0.3, -0.25) is 14.9 Å². The van der Waals surface area contributed by atoms with Crippen LogP contribution in [0.4, 0.5) is 11.6 Å². The van der Waals surface area contributed by atoms with Gasteiger partial charge >= 0.3 is 0 Å². The predicted octanol–water partition coefficient (Wildman–Crippen LogP) is 2.90. The zero-order valence-electron chi connectivity index (χ0n) is 14.5. The molecule has 8 nitrogen and oxygen atoms in total. The highest BCUT2D eigenvalue weighted by Gasteiger charge is 2.32. The number of nitrogens with one attached hydrogen (secondary N) is 2. The second-order valence-electron chi connectivity index (χ2n) is 6.12. The average molecular weight is 363 g/mol. The maximum absolute atomic E-state index is 12.7. The molecule has 1 aliphatic heterocycles. The zero-order valence-corrected chi connectivity index (χ0v) is 14.5. The first-order chi connectivity index (χ1) is 13.1. The number of aromatic nitrogens is 3. The van der Waals surface area contributed by atoms with Gasteiger partial charge in [0.15, 0.2) is 0 Å². The largest absolute Gasteiger partial charge is 0.457 e. The molecule has 136 valence electrons. The monoisotopic (exact) mass is 363 g/mol. The molecule has 1 aliphatic rings. The highest BCUT2D eigenvalue weighted by atomic mass is 16.5. The molecule has 0 spiro atoms. The van der Waals surface area contributed by atoms with Crippen molar-refractivity contribution in [2.24, 2.45) is 0 Å². The first kappa shape index (κ1) is 16.8. The number of carbonyl (C=O) groups excluding carboxylic acids is 2. The summed E-state index contributed by atoms with van der Waals surface area (Å²) in [6.07, 6.45) is 0.0107. The molecule has 2 heterocycles. The smallest absolute Gasteiger partial charge is 0.249 e. The number of aryl methyl sites for hydroxylation is 1. The van der Waals surface area contributed by atoms with Gasteiger partial charge in [0.1, 0.15) is 23.4 Å². The molecule has 0 unspecified atom stereocenters. The van der Waals surface area contributed by atoms with Gasteiger partial charge in [-0.05, 0) is 43.3 Å². The van der Waals surface area contributed by atoms with Crippen LogP contribution in [0.25, 0.3) is 0 Å². The van der Waals surface area contributed by atoms with Crippen molar-refractivity contribution in [3.8, 4) is 11.5 Å². The van der Waals surface area contributed by atoms with E-state index in [1.54, 1.807) is 31.2 Å². The van der Waals surface area contributed by atoms with E-state index in [1.165, 1.54) is 4.68 Å². The normalized spacial score (nSPS) is 15.6. The van der Waals surface area contributed by atoms with Gasteiger partial charge < -0.3 is 10.1 Å². The van der Waals surface area contributed by atoms with Crippen molar-refractivity contribution < 1.29 is 14.3 Å². The van der Waals surface area contributed by atoms with Crippen molar-refractivity contribution >= 4 is 23.5 Å². The van der Waals surface area contributed by atoms with Crippen molar-refractivity contribution in [2.45, 2.75) is 19.4 Å². The Morgan fingerprint density at radius 3 is 2.59 bits per heavy atom. The lowest BCUT2D eigenvalue weighted by atomic mass is 10.1. The standard InChI is InChI=1S/C19H17N5O3/c1-12-20-19-22-17(25)11-16(24(19)23-12)18(26)21-13-7-9-15(10-8-13)27-14-5-3-2-4-6-14/h2-10,16H,11H2,1H3,(H,21,26)(H,20,22,23,25)/t16-/m1/s1. The van der Waals surface area contributed by atoms with Crippen LogP contribution in [0.2, 0.25) is 0 Å². The Bertz CT molecular complexity index is 982.